The maximum atomic E-state index is 12.4. The number of aromatic nitrogens is 2. The molecule has 0 aliphatic heterocycles. The summed E-state index contributed by atoms with van der Waals surface area (Å²) in [5.74, 6) is 1.33. The fourth-order valence-corrected chi connectivity index (χ4v) is 3.22. The van der Waals surface area contributed by atoms with Crippen molar-refractivity contribution >= 4 is 29.0 Å². The largest absolute Gasteiger partial charge is 0.493 e. The monoisotopic (exact) mass is 414 g/mol. The summed E-state index contributed by atoms with van der Waals surface area (Å²) in [4.78, 5) is 12.4. The van der Waals surface area contributed by atoms with Crippen LogP contribution in [0.4, 0.5) is 16.2 Å². The van der Waals surface area contributed by atoms with Crippen LogP contribution in [0.3, 0.4) is 0 Å². The fourth-order valence-electron chi connectivity index (χ4n) is 3.03. The minimum Gasteiger partial charge on any atom is -0.493 e. The number of carbonyl (C=O) groups excluding carboxylic acids is 1. The molecule has 7 nitrogen and oxygen atoms in total. The molecule has 2 aromatic carbocycles. The Morgan fingerprint density at radius 1 is 1.07 bits per heavy atom. The number of nitrogens with zero attached hydrogens (tertiary/aromatic N) is 2. The Bertz CT molecular complexity index is 1030. The average molecular weight is 415 g/mol. The number of methoxy groups -OCH3 is 2. The third kappa shape index (κ3) is 4.81. The standard InChI is InChI=1S/C21H23ClN4O3/c1-13-20(24-21(27)23-17-7-5-6-16(22)11-17)14(2)26(25-13)12-15-8-9-18(28-3)19(10-15)29-4/h5-11H,12H2,1-4H3,(H2,23,24,27). The van der Waals surface area contributed by atoms with Crippen LogP contribution in [0.5, 0.6) is 11.5 Å². The first-order chi connectivity index (χ1) is 13.9. The smallest absolute Gasteiger partial charge is 0.323 e. The van der Waals surface area contributed by atoms with E-state index in [2.05, 4.69) is 15.7 Å². The molecule has 0 bridgehead atoms. The molecule has 0 unspecified atom stereocenters. The number of benzene rings is 2. The van der Waals surface area contributed by atoms with Gasteiger partial charge in [0.15, 0.2) is 11.5 Å². The molecule has 3 aromatic rings. The fraction of sp³-hybridized carbons (Fsp3) is 0.238. The van der Waals surface area contributed by atoms with Crippen molar-refractivity contribution in [1.82, 2.24) is 9.78 Å². The van der Waals surface area contributed by atoms with Crippen LogP contribution in [0.15, 0.2) is 42.5 Å². The van der Waals surface area contributed by atoms with Gasteiger partial charge in [-0.1, -0.05) is 23.7 Å². The quantitative estimate of drug-likeness (QED) is 0.603. The topological polar surface area (TPSA) is 77.4 Å². The zero-order chi connectivity index (χ0) is 21.0. The van der Waals surface area contributed by atoms with Gasteiger partial charge >= 0.3 is 6.03 Å². The van der Waals surface area contributed by atoms with Crippen LogP contribution in [0.2, 0.25) is 5.02 Å². The Hall–Kier alpha value is -3.19. The molecule has 1 heterocycles. The van der Waals surface area contributed by atoms with E-state index in [0.717, 1.165) is 17.0 Å². The maximum absolute atomic E-state index is 12.4. The summed E-state index contributed by atoms with van der Waals surface area (Å²) in [6.07, 6.45) is 0. The highest BCUT2D eigenvalue weighted by Gasteiger charge is 2.15. The summed E-state index contributed by atoms with van der Waals surface area (Å²) in [6.45, 7) is 4.30. The molecular formula is C21H23ClN4O3. The Balaban J connectivity index is 1.75. The first-order valence-corrected chi connectivity index (χ1v) is 9.37. The third-order valence-corrected chi connectivity index (χ3v) is 4.72. The number of anilines is 2. The van der Waals surface area contributed by atoms with Gasteiger partial charge in [-0.3, -0.25) is 4.68 Å². The van der Waals surface area contributed by atoms with Gasteiger partial charge in [0.05, 0.1) is 37.8 Å². The van der Waals surface area contributed by atoms with Crippen molar-refractivity contribution in [3.8, 4) is 11.5 Å². The van der Waals surface area contributed by atoms with Crippen molar-refractivity contribution < 1.29 is 14.3 Å². The second kappa shape index (κ2) is 8.87. The van der Waals surface area contributed by atoms with Gasteiger partial charge in [-0.2, -0.15) is 5.10 Å². The average Bonchev–Trinajstić information content (AvgIpc) is 2.95. The van der Waals surface area contributed by atoms with Gasteiger partial charge in [-0.25, -0.2) is 4.79 Å². The van der Waals surface area contributed by atoms with Crippen molar-refractivity contribution in [2.24, 2.45) is 0 Å². The SMILES string of the molecule is COc1ccc(Cn2nc(C)c(NC(=O)Nc3cccc(Cl)c3)c2C)cc1OC. The van der Waals surface area contributed by atoms with Gasteiger partial charge in [0.25, 0.3) is 0 Å². The zero-order valence-corrected chi connectivity index (χ0v) is 17.5. The third-order valence-electron chi connectivity index (χ3n) is 4.48. The van der Waals surface area contributed by atoms with Crippen LogP contribution in [0, 0.1) is 13.8 Å². The van der Waals surface area contributed by atoms with Gasteiger partial charge < -0.3 is 20.1 Å². The minimum atomic E-state index is -0.357. The van der Waals surface area contributed by atoms with Gasteiger partial charge in [0.2, 0.25) is 0 Å². The van der Waals surface area contributed by atoms with Crippen LogP contribution in [-0.2, 0) is 6.54 Å². The minimum absolute atomic E-state index is 0.357. The summed E-state index contributed by atoms with van der Waals surface area (Å²) in [7, 11) is 3.20. The second-order valence-electron chi connectivity index (χ2n) is 6.48. The number of hydrogen-bond acceptors (Lipinski definition) is 4. The predicted molar refractivity (Wildman–Crippen MR) is 114 cm³/mol. The van der Waals surface area contributed by atoms with Gasteiger partial charge in [-0.15, -0.1) is 0 Å². The van der Waals surface area contributed by atoms with E-state index >= 15 is 0 Å². The number of urea groups is 1. The zero-order valence-electron chi connectivity index (χ0n) is 16.7. The molecular weight excluding hydrogens is 392 g/mol. The molecule has 152 valence electrons. The molecule has 0 aliphatic rings. The molecule has 0 saturated heterocycles. The number of aryl methyl sites for hydroxylation is 1. The highest BCUT2D eigenvalue weighted by atomic mass is 35.5. The summed E-state index contributed by atoms with van der Waals surface area (Å²) in [6, 6.07) is 12.3. The van der Waals surface area contributed by atoms with E-state index in [1.807, 2.05) is 36.7 Å². The number of nitrogens with one attached hydrogen (secondary N) is 2. The highest BCUT2D eigenvalue weighted by molar-refractivity contribution is 6.30. The second-order valence-corrected chi connectivity index (χ2v) is 6.92. The Labute approximate surface area is 174 Å². The van der Waals surface area contributed by atoms with E-state index in [-0.39, 0.29) is 6.03 Å². The van der Waals surface area contributed by atoms with Crippen LogP contribution in [-0.4, -0.2) is 30.0 Å². The van der Waals surface area contributed by atoms with Gasteiger partial charge in [0.1, 0.15) is 0 Å². The van der Waals surface area contributed by atoms with Crippen LogP contribution in [0.25, 0.3) is 0 Å². The van der Waals surface area contributed by atoms with E-state index in [1.54, 1.807) is 38.5 Å². The van der Waals surface area contributed by atoms with Crippen LogP contribution >= 0.6 is 11.6 Å². The molecule has 0 atom stereocenters. The molecule has 0 aliphatic carbocycles. The molecule has 0 radical (unpaired) electrons. The molecule has 8 heteroatoms. The Morgan fingerprint density at radius 3 is 2.52 bits per heavy atom. The van der Waals surface area contributed by atoms with Gasteiger partial charge in [0, 0.05) is 10.7 Å². The summed E-state index contributed by atoms with van der Waals surface area (Å²) in [5.41, 5.74) is 3.86. The molecule has 0 fully saturated rings. The number of ether oxygens (including phenoxy) is 2. The van der Waals surface area contributed by atoms with Crippen molar-refractivity contribution in [2.45, 2.75) is 20.4 Å². The van der Waals surface area contributed by atoms with Crippen molar-refractivity contribution in [3.63, 3.8) is 0 Å². The van der Waals surface area contributed by atoms with Crippen molar-refractivity contribution in [2.75, 3.05) is 24.9 Å². The summed E-state index contributed by atoms with van der Waals surface area (Å²) >= 11 is 5.96. The van der Waals surface area contributed by atoms with Crippen molar-refractivity contribution in [3.05, 3.63) is 64.4 Å². The normalized spacial score (nSPS) is 10.5. The summed E-state index contributed by atoms with van der Waals surface area (Å²) < 4.78 is 12.5. The molecule has 0 spiro atoms. The molecule has 1 aromatic heterocycles. The van der Waals surface area contributed by atoms with Gasteiger partial charge in [-0.05, 0) is 49.7 Å². The molecule has 0 saturated carbocycles. The predicted octanol–water partition coefficient (Wildman–Crippen LogP) is 4.86. The Morgan fingerprint density at radius 2 is 1.83 bits per heavy atom. The van der Waals surface area contributed by atoms with E-state index in [0.29, 0.717) is 34.4 Å². The lowest BCUT2D eigenvalue weighted by atomic mass is 10.2. The molecule has 3 rings (SSSR count). The molecule has 29 heavy (non-hydrogen) atoms. The van der Waals surface area contributed by atoms with E-state index < -0.39 is 0 Å². The lowest BCUT2D eigenvalue weighted by molar-refractivity contribution is 0.262. The van der Waals surface area contributed by atoms with Crippen LogP contribution in [0.1, 0.15) is 17.0 Å². The number of rotatable bonds is 6. The van der Waals surface area contributed by atoms with E-state index in [4.69, 9.17) is 21.1 Å². The number of carbonyl (C=O) groups is 1. The Kier molecular flexibility index (Phi) is 6.29. The summed E-state index contributed by atoms with van der Waals surface area (Å²) in [5, 5.41) is 10.8. The maximum Gasteiger partial charge on any atom is 0.323 e. The number of hydrogen-bond donors (Lipinski definition) is 2. The molecule has 2 amide bonds. The first-order valence-electron chi connectivity index (χ1n) is 8.99. The number of halogens is 1. The van der Waals surface area contributed by atoms with Crippen molar-refractivity contribution in [1.29, 1.82) is 0 Å². The first kappa shape index (κ1) is 20.5. The lowest BCUT2D eigenvalue weighted by Gasteiger charge is -2.11. The number of amides is 2. The van der Waals surface area contributed by atoms with Crippen LogP contribution < -0.4 is 20.1 Å². The lowest BCUT2D eigenvalue weighted by Crippen LogP contribution is -2.20. The molecule has 2 N–H and O–H groups in total. The van der Waals surface area contributed by atoms with E-state index in [9.17, 15) is 4.79 Å². The van der Waals surface area contributed by atoms with E-state index in [1.165, 1.54) is 0 Å². The highest BCUT2D eigenvalue weighted by Crippen LogP contribution is 2.28.